The fourth-order valence-electron chi connectivity index (χ4n) is 0.848. The first kappa shape index (κ1) is 8.39. The first-order valence-electron chi connectivity index (χ1n) is 3.51. The topological polar surface area (TPSA) is 76.8 Å². The van der Waals surface area contributed by atoms with E-state index in [1.165, 1.54) is 12.2 Å². The van der Waals surface area contributed by atoms with E-state index < -0.39 is 0 Å². The van der Waals surface area contributed by atoms with Gasteiger partial charge in [-0.3, -0.25) is 0 Å². The Morgan fingerprint density at radius 3 is 2.82 bits per heavy atom. The van der Waals surface area contributed by atoms with Gasteiger partial charge in [-0.25, -0.2) is 0 Å². The molecule has 0 unspecified atom stereocenters. The molecular weight excluding hydrogens is 160 g/mol. The second kappa shape index (κ2) is 4.23. The Bertz CT molecular complexity index is 175. The lowest BCUT2D eigenvalue weighted by Gasteiger charge is -2.09. The van der Waals surface area contributed by atoms with Gasteiger partial charge >= 0.3 is 0 Å². The lowest BCUT2D eigenvalue weighted by atomic mass is 10.2. The average molecular weight is 172 g/mol. The molecule has 5 heteroatoms. The molecular formula is C6H12N4S. The van der Waals surface area contributed by atoms with E-state index in [-0.39, 0.29) is 5.96 Å². The van der Waals surface area contributed by atoms with E-state index in [1.807, 2.05) is 11.8 Å². The summed E-state index contributed by atoms with van der Waals surface area (Å²) in [5.41, 5.74) is 11.3. The van der Waals surface area contributed by atoms with Crippen LogP contribution in [0.4, 0.5) is 0 Å². The van der Waals surface area contributed by atoms with Crippen LogP contribution < -0.4 is 11.5 Å². The van der Waals surface area contributed by atoms with Gasteiger partial charge in [0.2, 0.25) is 5.96 Å². The van der Waals surface area contributed by atoms with Crippen molar-refractivity contribution in [2.75, 3.05) is 11.5 Å². The molecule has 1 aliphatic heterocycles. The van der Waals surface area contributed by atoms with Gasteiger partial charge < -0.3 is 11.5 Å². The number of guanidine groups is 1. The summed E-state index contributed by atoms with van der Waals surface area (Å²) in [6.07, 6.45) is 2.22. The molecule has 11 heavy (non-hydrogen) atoms. The summed E-state index contributed by atoms with van der Waals surface area (Å²) in [4.78, 5) is 0. The van der Waals surface area contributed by atoms with Crippen LogP contribution in [0, 0.1) is 0 Å². The SMILES string of the molecule is NC(N)=N/N=C1/CCCSC1. The second-order valence-electron chi connectivity index (χ2n) is 2.35. The van der Waals surface area contributed by atoms with Gasteiger partial charge in [-0.1, -0.05) is 0 Å². The molecule has 1 fully saturated rings. The minimum atomic E-state index is 0.0353. The van der Waals surface area contributed by atoms with Gasteiger partial charge in [-0.2, -0.15) is 16.9 Å². The largest absolute Gasteiger partial charge is 0.369 e. The van der Waals surface area contributed by atoms with Crippen molar-refractivity contribution in [1.29, 1.82) is 0 Å². The molecule has 62 valence electrons. The van der Waals surface area contributed by atoms with E-state index >= 15 is 0 Å². The van der Waals surface area contributed by atoms with Crippen molar-refractivity contribution in [1.82, 2.24) is 0 Å². The third kappa shape index (κ3) is 3.27. The summed E-state index contributed by atoms with van der Waals surface area (Å²) < 4.78 is 0. The van der Waals surface area contributed by atoms with Gasteiger partial charge in [0.05, 0.1) is 5.71 Å². The van der Waals surface area contributed by atoms with Crippen molar-refractivity contribution in [2.45, 2.75) is 12.8 Å². The number of nitrogens with two attached hydrogens (primary N) is 2. The van der Waals surface area contributed by atoms with E-state index in [0.29, 0.717) is 0 Å². The second-order valence-corrected chi connectivity index (χ2v) is 3.45. The van der Waals surface area contributed by atoms with Crippen LogP contribution in [0.1, 0.15) is 12.8 Å². The molecule has 0 aromatic carbocycles. The first-order chi connectivity index (χ1) is 5.29. The van der Waals surface area contributed by atoms with Crippen molar-refractivity contribution < 1.29 is 0 Å². The molecule has 0 amide bonds. The van der Waals surface area contributed by atoms with Crippen LogP contribution in [0.3, 0.4) is 0 Å². The molecule has 0 saturated carbocycles. The van der Waals surface area contributed by atoms with E-state index in [2.05, 4.69) is 10.2 Å². The molecule has 4 nitrogen and oxygen atoms in total. The highest BCUT2D eigenvalue weighted by Crippen LogP contribution is 2.14. The third-order valence-electron chi connectivity index (χ3n) is 1.33. The fourth-order valence-corrected chi connectivity index (χ4v) is 1.78. The normalized spacial score (nSPS) is 21.6. The summed E-state index contributed by atoms with van der Waals surface area (Å²) in [7, 11) is 0. The molecule has 0 bridgehead atoms. The van der Waals surface area contributed by atoms with E-state index in [9.17, 15) is 0 Å². The van der Waals surface area contributed by atoms with Crippen LogP contribution in [0.5, 0.6) is 0 Å². The highest BCUT2D eigenvalue weighted by atomic mass is 32.2. The summed E-state index contributed by atoms with van der Waals surface area (Å²) in [6.45, 7) is 0. The van der Waals surface area contributed by atoms with Gasteiger partial charge in [0, 0.05) is 5.75 Å². The maximum atomic E-state index is 5.12. The predicted octanol–water partition coefficient (Wildman–Crippen LogP) is 0.143. The van der Waals surface area contributed by atoms with Gasteiger partial charge in [0.15, 0.2) is 0 Å². The van der Waals surface area contributed by atoms with Gasteiger partial charge in [-0.05, 0) is 18.6 Å². The third-order valence-corrected chi connectivity index (χ3v) is 2.44. The van der Waals surface area contributed by atoms with Crippen LogP contribution in [0.15, 0.2) is 10.2 Å². The lowest BCUT2D eigenvalue weighted by Crippen LogP contribution is -2.22. The van der Waals surface area contributed by atoms with Crippen molar-refractivity contribution in [3.8, 4) is 0 Å². The Kier molecular flexibility index (Phi) is 3.22. The van der Waals surface area contributed by atoms with Crippen LogP contribution in [-0.4, -0.2) is 23.2 Å². The highest BCUT2D eigenvalue weighted by Gasteiger charge is 2.05. The first-order valence-corrected chi connectivity index (χ1v) is 4.66. The van der Waals surface area contributed by atoms with Crippen molar-refractivity contribution >= 4 is 23.4 Å². The van der Waals surface area contributed by atoms with Crippen LogP contribution in [0.25, 0.3) is 0 Å². The molecule has 0 aromatic heterocycles. The molecule has 1 saturated heterocycles. The summed E-state index contributed by atoms with van der Waals surface area (Å²) in [5, 5.41) is 7.51. The van der Waals surface area contributed by atoms with Crippen LogP contribution >= 0.6 is 11.8 Å². The number of nitrogens with zero attached hydrogens (tertiary/aromatic N) is 2. The molecule has 1 heterocycles. The van der Waals surface area contributed by atoms with Gasteiger partial charge in [-0.15, -0.1) is 5.10 Å². The quantitative estimate of drug-likeness (QED) is 0.335. The van der Waals surface area contributed by atoms with E-state index in [1.54, 1.807) is 0 Å². The van der Waals surface area contributed by atoms with E-state index in [4.69, 9.17) is 11.5 Å². The summed E-state index contributed by atoms with van der Waals surface area (Å²) in [6, 6.07) is 0. The molecule has 4 N–H and O–H groups in total. The Morgan fingerprint density at radius 2 is 2.27 bits per heavy atom. The zero-order chi connectivity index (χ0) is 8.10. The zero-order valence-electron chi connectivity index (χ0n) is 6.29. The average Bonchev–Trinajstić information content (AvgIpc) is 2.03. The summed E-state index contributed by atoms with van der Waals surface area (Å²) in [5.74, 6) is 2.23. The maximum absolute atomic E-state index is 5.12. The van der Waals surface area contributed by atoms with E-state index in [0.717, 1.165) is 17.9 Å². The maximum Gasteiger partial charge on any atom is 0.211 e. The Balaban J connectivity index is 2.44. The summed E-state index contributed by atoms with van der Waals surface area (Å²) >= 11 is 1.87. The molecule has 0 aromatic rings. The molecule has 1 aliphatic rings. The minimum Gasteiger partial charge on any atom is -0.369 e. The standard InChI is InChI=1S/C6H12N4S/c7-6(8)10-9-5-2-1-3-11-4-5/h1-4H2,(H4,7,8,10)/b9-5-. The Morgan fingerprint density at radius 1 is 1.45 bits per heavy atom. The van der Waals surface area contributed by atoms with Crippen molar-refractivity contribution in [2.24, 2.45) is 21.7 Å². The monoisotopic (exact) mass is 172 g/mol. The molecule has 0 atom stereocenters. The van der Waals surface area contributed by atoms with Crippen molar-refractivity contribution in [3.63, 3.8) is 0 Å². The van der Waals surface area contributed by atoms with Crippen LogP contribution in [0.2, 0.25) is 0 Å². The van der Waals surface area contributed by atoms with Gasteiger partial charge in [0.25, 0.3) is 0 Å². The van der Waals surface area contributed by atoms with Crippen LogP contribution in [-0.2, 0) is 0 Å². The predicted molar refractivity (Wildman–Crippen MR) is 49.8 cm³/mol. The Labute approximate surface area is 70.1 Å². The number of hydrogen-bond acceptors (Lipinski definition) is 3. The smallest absolute Gasteiger partial charge is 0.211 e. The fraction of sp³-hybridized carbons (Fsp3) is 0.667. The lowest BCUT2D eigenvalue weighted by molar-refractivity contribution is 0.975. The number of hydrogen-bond donors (Lipinski definition) is 2. The molecule has 0 aliphatic carbocycles. The molecule has 0 radical (unpaired) electrons. The van der Waals surface area contributed by atoms with Crippen molar-refractivity contribution in [3.05, 3.63) is 0 Å². The zero-order valence-corrected chi connectivity index (χ0v) is 7.10. The number of rotatable bonds is 1. The van der Waals surface area contributed by atoms with Gasteiger partial charge in [0.1, 0.15) is 0 Å². The highest BCUT2D eigenvalue weighted by molar-refractivity contribution is 8.00. The molecule has 1 rings (SSSR count). The number of thioether (sulfide) groups is 1. The minimum absolute atomic E-state index is 0.0353. The Hall–Kier alpha value is -0.710. The molecule has 0 spiro atoms.